The molecule has 3 radical (unpaired) electrons. The first kappa shape index (κ1) is 22.6. The average Bonchev–Trinajstić information content (AvgIpc) is 1.98. The van der Waals surface area contributed by atoms with E-state index in [2.05, 4.69) is 7.58 Å². The molecular weight excluding hydrogens is 278 g/mol. The summed E-state index contributed by atoms with van der Waals surface area (Å²) >= 11 is -0.185. The largest absolute Gasteiger partial charge is 0.681 e. The van der Waals surface area contributed by atoms with E-state index in [4.69, 9.17) is 10.2 Å². The minimum atomic E-state index is -0.185. The first-order chi connectivity index (χ1) is 4.41. The Morgan fingerprint density at radius 3 is 1.10 bits per heavy atom. The molecule has 0 aromatic heterocycles. The molecule has 0 fully saturated rings. The summed E-state index contributed by atoms with van der Waals surface area (Å²) in [4.78, 5) is 0. The summed E-state index contributed by atoms with van der Waals surface area (Å²) in [6.45, 7) is 0. The second-order valence-corrected chi connectivity index (χ2v) is 1.70. The van der Waals surface area contributed by atoms with Gasteiger partial charge in [0.15, 0.2) is 0 Å². The van der Waals surface area contributed by atoms with Crippen LogP contribution in [0.4, 0.5) is 0 Å². The quantitative estimate of drug-likeness (QED) is 0.459. The smallest absolute Gasteiger partial charge is 0.135 e. The molecule has 0 aliphatic rings. The van der Waals surface area contributed by atoms with Crippen molar-refractivity contribution in [1.82, 2.24) is 0 Å². The van der Waals surface area contributed by atoms with E-state index in [1.807, 2.05) is 0 Å². The van der Waals surface area contributed by atoms with Crippen LogP contribution < -0.4 is 0 Å². The van der Waals surface area contributed by atoms with Gasteiger partial charge in [-0.15, -0.1) is 0 Å². The summed E-state index contributed by atoms with van der Waals surface area (Å²) in [5, 5.41) is 11.5. The van der Waals surface area contributed by atoms with Gasteiger partial charge >= 0.3 is 0 Å². The van der Waals surface area contributed by atoms with E-state index >= 15 is 0 Å². The molecule has 0 amide bonds. The van der Waals surface area contributed by atoms with E-state index in [1.165, 1.54) is 14.2 Å². The topological polar surface area (TPSA) is 64.3 Å². The predicted octanol–water partition coefficient (Wildman–Crippen LogP) is -1.51. The molecule has 4 nitrogen and oxygen atoms in total. The van der Waals surface area contributed by atoms with Crippen LogP contribution in [0.5, 0.6) is 0 Å². The number of rotatable bonds is 2. The Balaban J connectivity index is -0.0000000315. The van der Waals surface area contributed by atoms with Crippen molar-refractivity contribution in [1.29, 1.82) is 0 Å². The molecule has 4 N–H and O–H groups in total. The number of hydrogen-bond donors (Lipinski definition) is 0. The van der Waals surface area contributed by atoms with E-state index in [0.29, 0.717) is 0 Å². The van der Waals surface area contributed by atoms with Crippen molar-refractivity contribution in [2.45, 2.75) is 0 Å². The fourth-order valence-electron chi connectivity index (χ4n) is 0.0962. The zero-order valence-electron chi connectivity index (χ0n) is 6.97. The molecular formula is C4H16AlLaO4+. The molecule has 0 heterocycles. The molecule has 0 atom stereocenters. The fraction of sp³-hybridized carbons (Fsp3) is 1.00. The third-order valence-corrected chi connectivity index (χ3v) is 0.577. The minimum Gasteiger partial charge on any atom is -0.681 e. The van der Waals surface area contributed by atoms with Crippen LogP contribution in [0, 0.1) is 35.6 Å². The molecule has 0 saturated carbocycles. The molecule has 0 rings (SSSR count). The zero-order valence-corrected chi connectivity index (χ0v) is 11.8. The first-order valence-electron chi connectivity index (χ1n) is 2.29. The van der Waals surface area contributed by atoms with Crippen LogP contribution >= 0.6 is 0 Å². The summed E-state index contributed by atoms with van der Waals surface area (Å²) < 4.78 is 9.10. The first-order valence-corrected chi connectivity index (χ1v) is 3.23. The van der Waals surface area contributed by atoms with Crippen LogP contribution in [0.25, 0.3) is 0 Å². The van der Waals surface area contributed by atoms with Crippen LogP contribution in [0.1, 0.15) is 0 Å². The maximum absolute atomic E-state index is 5.75. The van der Waals surface area contributed by atoms with Gasteiger partial charge in [-0.25, -0.2) is 0 Å². The molecule has 0 spiro atoms. The molecule has 0 aliphatic carbocycles. The van der Waals surface area contributed by atoms with Gasteiger partial charge in [0.2, 0.25) is 0 Å². The summed E-state index contributed by atoms with van der Waals surface area (Å²) in [5.41, 5.74) is 0. The van der Waals surface area contributed by atoms with Gasteiger partial charge < -0.3 is 17.8 Å². The second-order valence-electron chi connectivity index (χ2n) is 0.568. The molecule has 0 aliphatic heterocycles. The standard InChI is InChI=1S/2CH4O.2CH3O.Al.La/c4*1-2;;/h2*2H,1H3;2*1H3;;/q;;2*-1;+1;/p+2. The second kappa shape index (κ2) is 46.4. The van der Waals surface area contributed by atoms with Gasteiger partial charge in [-0.05, 0) is 14.2 Å². The van der Waals surface area contributed by atoms with Crippen LogP contribution in [-0.4, -0.2) is 54.5 Å². The molecule has 0 saturated heterocycles. The number of hydrogen-bond acceptors (Lipinski definition) is 2. The maximum Gasteiger partial charge on any atom is 0.135 e. The molecule has 6 heteroatoms. The average molecular weight is 294 g/mol. The van der Waals surface area contributed by atoms with E-state index in [-0.39, 0.29) is 51.5 Å². The third kappa shape index (κ3) is 55.2. The van der Waals surface area contributed by atoms with Crippen molar-refractivity contribution in [3.8, 4) is 0 Å². The molecule has 0 bridgehead atoms. The SMILES string of the molecule is C[OH2+].C[OH2+].C[O][Al-][O]C.[La]. The Labute approximate surface area is 96.9 Å². The Kier molecular flexibility index (Phi) is 105. The molecule has 10 heavy (non-hydrogen) atoms. The molecule has 0 aromatic carbocycles. The zero-order chi connectivity index (χ0) is 8.12. The van der Waals surface area contributed by atoms with Gasteiger partial charge in [-0.3, -0.25) is 0 Å². The molecule has 0 aromatic rings. The predicted molar refractivity (Wildman–Crippen MR) is 38.8 cm³/mol. The van der Waals surface area contributed by atoms with Crippen LogP contribution in [-0.2, 0) is 7.58 Å². The van der Waals surface area contributed by atoms with Crippen molar-refractivity contribution in [2.24, 2.45) is 0 Å². The fourth-order valence-corrected chi connectivity index (χ4v) is 0.289. The van der Waals surface area contributed by atoms with Gasteiger partial charge in [-0.1, -0.05) is 0 Å². The summed E-state index contributed by atoms with van der Waals surface area (Å²) in [6, 6.07) is 0. The Hall–Kier alpha value is 1.57. The van der Waals surface area contributed by atoms with Crippen molar-refractivity contribution < 1.29 is 53.4 Å². The molecule has 61 valence electrons. The normalized spacial score (nSPS) is 5.40. The van der Waals surface area contributed by atoms with Gasteiger partial charge in [0, 0.05) is 35.6 Å². The monoisotopic (exact) mass is 294 g/mol. The van der Waals surface area contributed by atoms with Crippen molar-refractivity contribution in [2.75, 3.05) is 28.4 Å². The minimum absolute atomic E-state index is 0. The van der Waals surface area contributed by atoms with Crippen LogP contribution in [0.3, 0.4) is 0 Å². The van der Waals surface area contributed by atoms with E-state index < -0.39 is 0 Å². The van der Waals surface area contributed by atoms with E-state index in [0.717, 1.165) is 0 Å². The van der Waals surface area contributed by atoms with Crippen molar-refractivity contribution in [3.05, 3.63) is 0 Å². The molecule has 0 unspecified atom stereocenters. The van der Waals surface area contributed by atoms with Gasteiger partial charge in [0.25, 0.3) is 0 Å². The van der Waals surface area contributed by atoms with E-state index in [1.54, 1.807) is 14.2 Å². The van der Waals surface area contributed by atoms with Crippen molar-refractivity contribution >= 4 is 15.9 Å². The van der Waals surface area contributed by atoms with Crippen molar-refractivity contribution in [3.63, 3.8) is 0 Å². The van der Waals surface area contributed by atoms with Crippen LogP contribution in [0.2, 0.25) is 0 Å². The van der Waals surface area contributed by atoms with Gasteiger partial charge in [-0.2, -0.15) is 0 Å². The summed E-state index contributed by atoms with van der Waals surface area (Å²) in [5.74, 6) is 0. The van der Waals surface area contributed by atoms with E-state index in [9.17, 15) is 0 Å². The van der Waals surface area contributed by atoms with Gasteiger partial charge in [0.1, 0.15) is 30.1 Å². The maximum atomic E-state index is 5.75. The van der Waals surface area contributed by atoms with Gasteiger partial charge in [0.05, 0.1) is 0 Å². The Bertz CT molecular complexity index is 24.7. The Morgan fingerprint density at radius 2 is 1.10 bits per heavy atom. The summed E-state index contributed by atoms with van der Waals surface area (Å²) in [6.07, 6.45) is 0. The Morgan fingerprint density at radius 1 is 0.900 bits per heavy atom. The third-order valence-electron chi connectivity index (χ3n) is 0.192. The van der Waals surface area contributed by atoms with Crippen LogP contribution in [0.15, 0.2) is 0 Å². The summed E-state index contributed by atoms with van der Waals surface area (Å²) in [7, 11) is 5.75.